The van der Waals surface area contributed by atoms with Crippen LogP contribution in [0.25, 0.3) is 0 Å². The summed E-state index contributed by atoms with van der Waals surface area (Å²) >= 11 is 0. The number of halogens is 3. The fourth-order valence-corrected chi connectivity index (χ4v) is 1.31. The van der Waals surface area contributed by atoms with Crippen LogP contribution in [0.2, 0.25) is 0 Å². The third-order valence-corrected chi connectivity index (χ3v) is 2.01. The molecule has 14 heavy (non-hydrogen) atoms. The molecule has 0 saturated heterocycles. The van der Waals surface area contributed by atoms with Crippen molar-refractivity contribution < 1.29 is 18.3 Å². The Balaban J connectivity index is 3.06. The average Bonchev–Trinajstić information content (AvgIpc) is 2.02. The zero-order chi connectivity index (χ0) is 10.8. The van der Waals surface area contributed by atoms with Crippen LogP contribution in [0.3, 0.4) is 0 Å². The molecule has 0 fully saturated rings. The molecule has 0 aromatic heterocycles. The quantitative estimate of drug-likeness (QED) is 0.802. The van der Waals surface area contributed by atoms with Gasteiger partial charge in [0.1, 0.15) is 5.82 Å². The normalized spacial score (nSPS) is 11.8. The Morgan fingerprint density at radius 3 is 2.50 bits per heavy atom. The summed E-state index contributed by atoms with van der Waals surface area (Å²) in [4.78, 5) is 0. The molecular formula is C10H11F3O. The molecule has 1 aromatic rings. The number of alkyl halides is 2. The van der Waals surface area contributed by atoms with Crippen molar-refractivity contribution in [1.82, 2.24) is 0 Å². The monoisotopic (exact) mass is 204 g/mol. The molecule has 78 valence electrons. The van der Waals surface area contributed by atoms with Crippen LogP contribution in [0.1, 0.15) is 17.5 Å². The summed E-state index contributed by atoms with van der Waals surface area (Å²) in [6, 6.07) is 3.11. The molecule has 0 aliphatic rings. The van der Waals surface area contributed by atoms with Gasteiger partial charge in [-0.15, -0.1) is 0 Å². The topological polar surface area (TPSA) is 20.2 Å². The number of hydrogen-bond donors (Lipinski definition) is 1. The van der Waals surface area contributed by atoms with Gasteiger partial charge in [-0.05, 0) is 30.7 Å². The van der Waals surface area contributed by atoms with E-state index in [2.05, 4.69) is 0 Å². The van der Waals surface area contributed by atoms with E-state index in [1.54, 1.807) is 0 Å². The van der Waals surface area contributed by atoms with Crippen molar-refractivity contribution >= 4 is 0 Å². The fraction of sp³-hybridized carbons (Fsp3) is 0.400. The molecule has 0 atom stereocenters. The summed E-state index contributed by atoms with van der Waals surface area (Å²) in [6.45, 7) is 0.827. The van der Waals surface area contributed by atoms with Gasteiger partial charge in [-0.3, -0.25) is 0 Å². The second-order valence-corrected chi connectivity index (χ2v) is 3.14. The molecule has 0 radical (unpaired) electrons. The lowest BCUT2D eigenvalue weighted by molar-refractivity contribution is -0.0275. The molecule has 0 aliphatic carbocycles. The molecule has 0 amide bonds. The maximum absolute atomic E-state index is 13.3. The minimum Gasteiger partial charge on any atom is -0.396 e. The zero-order valence-corrected chi connectivity index (χ0v) is 7.73. The van der Waals surface area contributed by atoms with E-state index in [-0.39, 0.29) is 11.1 Å². The molecule has 0 spiro atoms. The summed E-state index contributed by atoms with van der Waals surface area (Å²) in [5, 5.41) is 8.45. The van der Waals surface area contributed by atoms with Crippen LogP contribution in [0, 0.1) is 12.7 Å². The smallest absolute Gasteiger partial charge is 0.275 e. The lowest BCUT2D eigenvalue weighted by Crippen LogP contribution is -2.16. The van der Waals surface area contributed by atoms with E-state index in [1.807, 2.05) is 0 Å². The molecular weight excluding hydrogens is 193 g/mol. The Bertz CT molecular complexity index is 323. The highest BCUT2D eigenvalue weighted by molar-refractivity contribution is 5.30. The molecule has 0 unspecified atom stereocenters. The number of hydrogen-bond acceptors (Lipinski definition) is 1. The number of benzene rings is 1. The summed E-state index contributed by atoms with van der Waals surface area (Å²) in [5.41, 5.74) is -0.0311. The first-order valence-corrected chi connectivity index (χ1v) is 4.22. The van der Waals surface area contributed by atoms with Crippen LogP contribution in [0.4, 0.5) is 13.2 Å². The van der Waals surface area contributed by atoms with E-state index < -0.39 is 24.8 Å². The first-order valence-electron chi connectivity index (χ1n) is 4.22. The summed E-state index contributed by atoms with van der Waals surface area (Å²) in [6.07, 6.45) is -0.639. The van der Waals surface area contributed by atoms with Crippen molar-refractivity contribution in [2.45, 2.75) is 19.3 Å². The molecule has 4 heteroatoms. The van der Waals surface area contributed by atoms with E-state index in [4.69, 9.17) is 5.11 Å². The second-order valence-electron chi connectivity index (χ2n) is 3.14. The highest BCUT2D eigenvalue weighted by atomic mass is 19.3. The highest BCUT2D eigenvalue weighted by Gasteiger charge is 2.32. The van der Waals surface area contributed by atoms with E-state index in [0.717, 1.165) is 18.2 Å². The van der Waals surface area contributed by atoms with Gasteiger partial charge in [0, 0.05) is 18.6 Å². The molecule has 1 rings (SSSR count). The molecule has 0 heterocycles. The second kappa shape index (κ2) is 4.00. The number of aliphatic hydroxyl groups is 1. The molecule has 1 nitrogen and oxygen atoms in total. The Hall–Kier alpha value is -1.03. The van der Waals surface area contributed by atoms with E-state index in [0.29, 0.717) is 0 Å². The molecule has 0 aliphatic heterocycles. The standard InChI is InChI=1S/C10H11F3O/c1-7-6-8(11)2-3-9(7)10(12,13)4-5-14/h2-3,6,14H,4-5H2,1H3. The van der Waals surface area contributed by atoms with Gasteiger partial charge in [-0.1, -0.05) is 0 Å². The van der Waals surface area contributed by atoms with Crippen molar-refractivity contribution in [3.05, 3.63) is 35.1 Å². The summed E-state index contributed by atoms with van der Waals surface area (Å²) in [7, 11) is 0. The SMILES string of the molecule is Cc1cc(F)ccc1C(F)(F)CCO. The maximum atomic E-state index is 13.3. The third-order valence-electron chi connectivity index (χ3n) is 2.01. The van der Waals surface area contributed by atoms with Gasteiger partial charge in [0.15, 0.2) is 0 Å². The van der Waals surface area contributed by atoms with Crippen LogP contribution in [-0.2, 0) is 5.92 Å². The summed E-state index contributed by atoms with van der Waals surface area (Å²) < 4.78 is 39.2. The van der Waals surface area contributed by atoms with Gasteiger partial charge in [0.05, 0.1) is 0 Å². The molecule has 1 aromatic carbocycles. The zero-order valence-electron chi connectivity index (χ0n) is 7.73. The summed E-state index contributed by atoms with van der Waals surface area (Å²) in [5.74, 6) is -3.63. The van der Waals surface area contributed by atoms with Crippen LogP contribution in [0.15, 0.2) is 18.2 Å². The van der Waals surface area contributed by atoms with Gasteiger partial charge in [-0.25, -0.2) is 13.2 Å². The predicted molar refractivity (Wildman–Crippen MR) is 46.7 cm³/mol. The Labute approximate surface area is 80.2 Å². The lowest BCUT2D eigenvalue weighted by Gasteiger charge is -2.17. The van der Waals surface area contributed by atoms with Crippen molar-refractivity contribution in [3.63, 3.8) is 0 Å². The Kier molecular flexibility index (Phi) is 3.16. The van der Waals surface area contributed by atoms with Crippen molar-refractivity contribution in [2.24, 2.45) is 0 Å². The van der Waals surface area contributed by atoms with E-state index in [1.165, 1.54) is 6.92 Å². The minimum atomic E-state index is -3.09. The number of aliphatic hydroxyl groups excluding tert-OH is 1. The Morgan fingerprint density at radius 2 is 2.00 bits per heavy atom. The fourth-order valence-electron chi connectivity index (χ4n) is 1.31. The van der Waals surface area contributed by atoms with Gasteiger partial charge in [0.2, 0.25) is 0 Å². The highest BCUT2D eigenvalue weighted by Crippen LogP contribution is 2.33. The minimum absolute atomic E-state index is 0.198. The Morgan fingerprint density at radius 1 is 1.36 bits per heavy atom. The van der Waals surface area contributed by atoms with Crippen molar-refractivity contribution in [1.29, 1.82) is 0 Å². The van der Waals surface area contributed by atoms with Crippen molar-refractivity contribution in [2.75, 3.05) is 6.61 Å². The van der Waals surface area contributed by atoms with Gasteiger partial charge in [0.25, 0.3) is 5.92 Å². The first kappa shape index (κ1) is 11.0. The van der Waals surface area contributed by atoms with Crippen LogP contribution in [-0.4, -0.2) is 11.7 Å². The van der Waals surface area contributed by atoms with Gasteiger partial charge in [-0.2, -0.15) is 0 Å². The number of rotatable bonds is 3. The average molecular weight is 204 g/mol. The van der Waals surface area contributed by atoms with E-state index >= 15 is 0 Å². The largest absolute Gasteiger partial charge is 0.396 e. The lowest BCUT2D eigenvalue weighted by atomic mass is 10.0. The maximum Gasteiger partial charge on any atom is 0.275 e. The predicted octanol–water partition coefficient (Wildman–Crippen LogP) is 2.61. The molecule has 0 bridgehead atoms. The van der Waals surface area contributed by atoms with Crippen LogP contribution < -0.4 is 0 Å². The van der Waals surface area contributed by atoms with Crippen molar-refractivity contribution in [3.8, 4) is 0 Å². The third kappa shape index (κ3) is 2.26. The van der Waals surface area contributed by atoms with Gasteiger partial charge < -0.3 is 5.11 Å². The van der Waals surface area contributed by atoms with E-state index in [9.17, 15) is 13.2 Å². The van der Waals surface area contributed by atoms with Gasteiger partial charge >= 0.3 is 0 Å². The van der Waals surface area contributed by atoms with Crippen LogP contribution in [0.5, 0.6) is 0 Å². The first-order chi connectivity index (χ1) is 6.47. The molecule has 0 saturated carbocycles. The van der Waals surface area contributed by atoms with Crippen LogP contribution >= 0.6 is 0 Å². The number of aryl methyl sites for hydroxylation is 1. The molecule has 1 N–H and O–H groups in total.